The van der Waals surface area contributed by atoms with Gasteiger partial charge in [0.1, 0.15) is 0 Å². The summed E-state index contributed by atoms with van der Waals surface area (Å²) in [5.41, 5.74) is 13.3. The standard InChI is InChI=1S/C54H34N4/c1-3-13-35(14-4-1)36-23-26-38(27-24-36)53-43-18-7-10-20-47(43)55-54(56-53)58-49-22-12-9-19-44(49)52-45-33-39(28-25-37(45)29-32-51(52)58)40-30-31-50-46(34-40)42-17-8-11-21-48(42)57(50)41-15-5-2-6-16-41/h1-34H. The van der Waals surface area contributed by atoms with Gasteiger partial charge in [-0.05, 0) is 87.6 Å². The Morgan fingerprint density at radius 3 is 1.64 bits per heavy atom. The van der Waals surface area contributed by atoms with E-state index in [-0.39, 0.29) is 0 Å². The fourth-order valence-electron chi connectivity index (χ4n) is 9.03. The predicted molar refractivity (Wildman–Crippen MR) is 242 cm³/mol. The topological polar surface area (TPSA) is 35.6 Å². The molecule has 0 fully saturated rings. The van der Waals surface area contributed by atoms with E-state index in [1.54, 1.807) is 0 Å². The van der Waals surface area contributed by atoms with Gasteiger partial charge < -0.3 is 4.57 Å². The number of para-hydroxylation sites is 4. The SMILES string of the molecule is c1ccc(-c2ccc(-c3nc(-n4c5ccccc5c5c6cc(-c7ccc8c(c7)c7ccccc7n8-c7ccccc7)ccc6ccc54)nc4ccccc34)cc2)cc1. The summed E-state index contributed by atoms with van der Waals surface area (Å²) < 4.78 is 4.61. The van der Waals surface area contributed by atoms with Gasteiger partial charge in [-0.3, -0.25) is 4.57 Å². The number of hydrogen-bond donors (Lipinski definition) is 0. The van der Waals surface area contributed by atoms with Crippen LogP contribution in [0.2, 0.25) is 0 Å². The zero-order chi connectivity index (χ0) is 38.2. The minimum atomic E-state index is 0.655. The summed E-state index contributed by atoms with van der Waals surface area (Å²) in [6, 6.07) is 73.8. The van der Waals surface area contributed by atoms with E-state index in [2.05, 4.69) is 215 Å². The number of hydrogen-bond acceptors (Lipinski definition) is 2. The van der Waals surface area contributed by atoms with Crippen LogP contribution in [0, 0.1) is 0 Å². The van der Waals surface area contributed by atoms with Crippen LogP contribution in [0.15, 0.2) is 206 Å². The highest BCUT2D eigenvalue weighted by molar-refractivity contribution is 6.22. The molecule has 12 rings (SSSR count). The first kappa shape index (κ1) is 32.4. The minimum Gasteiger partial charge on any atom is -0.309 e. The van der Waals surface area contributed by atoms with Gasteiger partial charge in [-0.1, -0.05) is 152 Å². The first-order chi connectivity index (χ1) is 28.8. The molecule has 3 aromatic heterocycles. The smallest absolute Gasteiger partial charge is 0.235 e. The quantitative estimate of drug-likeness (QED) is 0.176. The van der Waals surface area contributed by atoms with E-state index in [4.69, 9.17) is 9.97 Å². The van der Waals surface area contributed by atoms with Gasteiger partial charge in [-0.15, -0.1) is 0 Å². The summed E-state index contributed by atoms with van der Waals surface area (Å²) in [5.74, 6) is 0.655. The summed E-state index contributed by atoms with van der Waals surface area (Å²) in [6.07, 6.45) is 0. The Morgan fingerprint density at radius 1 is 0.310 bits per heavy atom. The van der Waals surface area contributed by atoms with Crippen LogP contribution in [0.25, 0.3) is 110 Å². The Balaban J connectivity index is 1.04. The third-order valence-electron chi connectivity index (χ3n) is 11.7. The Morgan fingerprint density at radius 2 is 0.845 bits per heavy atom. The molecule has 0 atom stereocenters. The second-order valence-electron chi connectivity index (χ2n) is 15.0. The van der Waals surface area contributed by atoms with Gasteiger partial charge in [0.05, 0.1) is 33.3 Å². The molecule has 4 nitrogen and oxygen atoms in total. The van der Waals surface area contributed by atoms with Crippen molar-refractivity contribution in [2.24, 2.45) is 0 Å². The van der Waals surface area contributed by atoms with E-state index in [1.807, 2.05) is 0 Å². The van der Waals surface area contributed by atoms with Crippen molar-refractivity contribution in [3.8, 4) is 45.1 Å². The van der Waals surface area contributed by atoms with E-state index in [0.29, 0.717) is 5.95 Å². The summed E-state index contributed by atoms with van der Waals surface area (Å²) in [7, 11) is 0. The van der Waals surface area contributed by atoms with Crippen LogP contribution in [-0.4, -0.2) is 19.1 Å². The van der Waals surface area contributed by atoms with Gasteiger partial charge in [0.25, 0.3) is 0 Å². The minimum absolute atomic E-state index is 0.655. The highest BCUT2D eigenvalue weighted by Crippen LogP contribution is 2.40. The third kappa shape index (κ3) is 5.02. The molecule has 12 aromatic rings. The lowest BCUT2D eigenvalue weighted by atomic mass is 9.97. The average Bonchev–Trinajstić information content (AvgIpc) is 3.82. The van der Waals surface area contributed by atoms with Crippen LogP contribution in [0.4, 0.5) is 0 Å². The molecule has 0 amide bonds. The molecule has 0 bridgehead atoms. The van der Waals surface area contributed by atoms with Crippen LogP contribution in [0.5, 0.6) is 0 Å². The van der Waals surface area contributed by atoms with E-state index >= 15 is 0 Å². The van der Waals surface area contributed by atoms with Crippen molar-refractivity contribution in [1.29, 1.82) is 0 Å². The fourth-order valence-corrected chi connectivity index (χ4v) is 9.03. The maximum atomic E-state index is 5.39. The van der Waals surface area contributed by atoms with Crippen molar-refractivity contribution in [3.63, 3.8) is 0 Å². The average molecular weight is 739 g/mol. The Hall–Kier alpha value is -7.82. The molecule has 9 aromatic carbocycles. The molecule has 4 heteroatoms. The van der Waals surface area contributed by atoms with Gasteiger partial charge in [0.2, 0.25) is 5.95 Å². The molecule has 58 heavy (non-hydrogen) atoms. The van der Waals surface area contributed by atoms with E-state index in [0.717, 1.165) is 38.9 Å². The lowest BCUT2D eigenvalue weighted by molar-refractivity contribution is 1.01. The van der Waals surface area contributed by atoms with E-state index in [1.165, 1.54) is 65.6 Å². The van der Waals surface area contributed by atoms with Crippen LogP contribution in [0.3, 0.4) is 0 Å². The molecule has 0 unspecified atom stereocenters. The van der Waals surface area contributed by atoms with Gasteiger partial charge in [0.15, 0.2) is 0 Å². The maximum Gasteiger partial charge on any atom is 0.235 e. The van der Waals surface area contributed by atoms with Gasteiger partial charge in [-0.2, -0.15) is 0 Å². The van der Waals surface area contributed by atoms with Crippen LogP contribution in [0.1, 0.15) is 0 Å². The number of benzene rings is 9. The molecule has 0 saturated heterocycles. The molecule has 0 aliphatic carbocycles. The molecule has 0 aliphatic heterocycles. The van der Waals surface area contributed by atoms with Crippen LogP contribution in [-0.2, 0) is 0 Å². The van der Waals surface area contributed by atoms with E-state index in [9.17, 15) is 0 Å². The van der Waals surface area contributed by atoms with Crippen molar-refractivity contribution in [3.05, 3.63) is 206 Å². The van der Waals surface area contributed by atoms with Crippen molar-refractivity contribution >= 4 is 65.3 Å². The second-order valence-corrected chi connectivity index (χ2v) is 15.0. The molecular formula is C54H34N4. The summed E-state index contributed by atoms with van der Waals surface area (Å²) >= 11 is 0. The predicted octanol–water partition coefficient (Wildman–Crippen LogP) is 14.0. The molecule has 3 heterocycles. The van der Waals surface area contributed by atoms with Crippen molar-refractivity contribution < 1.29 is 0 Å². The maximum absolute atomic E-state index is 5.39. The Kier molecular flexibility index (Phi) is 7.20. The second kappa shape index (κ2) is 12.9. The molecule has 0 radical (unpaired) electrons. The van der Waals surface area contributed by atoms with Gasteiger partial charge >= 0.3 is 0 Å². The molecular weight excluding hydrogens is 705 g/mol. The third-order valence-corrected chi connectivity index (χ3v) is 11.7. The summed E-state index contributed by atoms with van der Waals surface area (Å²) in [4.78, 5) is 10.6. The largest absolute Gasteiger partial charge is 0.309 e. The fraction of sp³-hybridized carbons (Fsp3) is 0. The van der Waals surface area contributed by atoms with Crippen LogP contribution < -0.4 is 0 Å². The zero-order valence-corrected chi connectivity index (χ0v) is 31.4. The highest BCUT2D eigenvalue weighted by Gasteiger charge is 2.20. The Bertz CT molecular complexity index is 3540. The highest BCUT2D eigenvalue weighted by atomic mass is 15.2. The number of aromatic nitrogens is 4. The van der Waals surface area contributed by atoms with Crippen molar-refractivity contribution in [1.82, 2.24) is 19.1 Å². The lowest BCUT2D eigenvalue weighted by Gasteiger charge is -2.12. The van der Waals surface area contributed by atoms with Gasteiger partial charge in [0, 0.05) is 38.2 Å². The molecule has 0 saturated carbocycles. The van der Waals surface area contributed by atoms with Crippen molar-refractivity contribution in [2.75, 3.05) is 0 Å². The number of fused-ring (bicyclic) bond motifs is 9. The summed E-state index contributed by atoms with van der Waals surface area (Å²) in [6.45, 7) is 0. The lowest BCUT2D eigenvalue weighted by Crippen LogP contribution is -2.03. The molecule has 0 N–H and O–H groups in total. The number of nitrogens with zero attached hydrogens (tertiary/aromatic N) is 4. The van der Waals surface area contributed by atoms with Crippen molar-refractivity contribution in [2.45, 2.75) is 0 Å². The summed E-state index contributed by atoms with van der Waals surface area (Å²) in [5, 5.41) is 8.28. The van der Waals surface area contributed by atoms with E-state index < -0.39 is 0 Å². The molecule has 0 aliphatic rings. The normalized spacial score (nSPS) is 11.8. The molecule has 0 spiro atoms. The van der Waals surface area contributed by atoms with Crippen LogP contribution >= 0.6 is 0 Å². The molecule has 270 valence electrons. The first-order valence-electron chi connectivity index (χ1n) is 19.7. The number of rotatable bonds is 5. The Labute approximate surface area is 334 Å². The van der Waals surface area contributed by atoms with Gasteiger partial charge in [-0.25, -0.2) is 9.97 Å². The zero-order valence-electron chi connectivity index (χ0n) is 31.4. The first-order valence-corrected chi connectivity index (χ1v) is 19.7. The monoisotopic (exact) mass is 738 g/mol.